The zero-order valence-corrected chi connectivity index (χ0v) is 12.2. The van der Waals surface area contributed by atoms with Crippen molar-refractivity contribution in [1.82, 2.24) is 10.2 Å². The molecule has 17 heavy (non-hydrogen) atoms. The highest BCUT2D eigenvalue weighted by Gasteiger charge is 2.03. The van der Waals surface area contributed by atoms with E-state index in [4.69, 9.17) is 11.6 Å². The van der Waals surface area contributed by atoms with Gasteiger partial charge >= 0.3 is 0 Å². The molecule has 0 aliphatic rings. The van der Waals surface area contributed by atoms with Crippen LogP contribution in [-0.2, 0) is 0 Å². The summed E-state index contributed by atoms with van der Waals surface area (Å²) in [5.74, 6) is -0.0616. The Labute approximate surface area is 119 Å². The molecule has 0 atom stereocenters. The van der Waals surface area contributed by atoms with Gasteiger partial charge in [0, 0.05) is 23.7 Å². The van der Waals surface area contributed by atoms with Crippen LogP contribution in [0.1, 0.15) is 10.4 Å². The third-order valence-electron chi connectivity index (χ3n) is 1.95. The second-order valence-corrected chi connectivity index (χ2v) is 4.00. The molecule has 0 aromatic heterocycles. The van der Waals surface area contributed by atoms with Gasteiger partial charge in [0.15, 0.2) is 0 Å². The van der Waals surface area contributed by atoms with Crippen LogP contribution in [0.5, 0.6) is 0 Å². The summed E-state index contributed by atoms with van der Waals surface area (Å²) in [5.41, 5.74) is 0.637. The van der Waals surface area contributed by atoms with Gasteiger partial charge < -0.3 is 10.2 Å². The van der Waals surface area contributed by atoms with E-state index in [0.29, 0.717) is 17.1 Å². The van der Waals surface area contributed by atoms with E-state index in [1.165, 1.54) is 0 Å². The van der Waals surface area contributed by atoms with Crippen LogP contribution in [0.3, 0.4) is 0 Å². The number of hydrogen-bond acceptors (Lipinski definition) is 2. The fraction of sp³-hybridized carbons (Fsp3) is 0.364. The zero-order chi connectivity index (χ0) is 11.3. The van der Waals surface area contributed by atoms with E-state index < -0.39 is 0 Å². The van der Waals surface area contributed by atoms with Crippen molar-refractivity contribution in [1.29, 1.82) is 0 Å². The molecule has 1 aromatic carbocycles. The van der Waals surface area contributed by atoms with Crippen molar-refractivity contribution < 1.29 is 4.79 Å². The first-order valence-electron chi connectivity index (χ1n) is 4.78. The summed E-state index contributed by atoms with van der Waals surface area (Å²) in [6.07, 6.45) is 0. The van der Waals surface area contributed by atoms with Gasteiger partial charge in [-0.05, 0) is 38.4 Å². The van der Waals surface area contributed by atoms with Crippen molar-refractivity contribution in [2.45, 2.75) is 0 Å². The Morgan fingerprint density at radius 2 is 1.76 bits per heavy atom. The standard InChI is InChI=1S/C11H15ClN2O.2ClH/c1-14(2)8-7-13-11(15)9-3-5-10(12)6-4-9;;/h3-6H,7-8H2,1-2H3,(H,13,15);2*1H. The highest BCUT2D eigenvalue weighted by molar-refractivity contribution is 6.30. The van der Waals surface area contributed by atoms with E-state index in [1.807, 2.05) is 19.0 Å². The monoisotopic (exact) mass is 298 g/mol. The van der Waals surface area contributed by atoms with E-state index in [2.05, 4.69) is 5.32 Å². The fourth-order valence-electron chi connectivity index (χ4n) is 1.10. The van der Waals surface area contributed by atoms with E-state index in [0.717, 1.165) is 6.54 Å². The van der Waals surface area contributed by atoms with E-state index >= 15 is 0 Å². The van der Waals surface area contributed by atoms with Crippen molar-refractivity contribution in [3.8, 4) is 0 Å². The Bertz CT molecular complexity index is 328. The summed E-state index contributed by atoms with van der Waals surface area (Å²) < 4.78 is 0. The number of likely N-dealkylation sites (N-methyl/N-ethyl adjacent to an activating group) is 1. The molecule has 0 bridgehead atoms. The largest absolute Gasteiger partial charge is 0.351 e. The second kappa shape index (κ2) is 9.54. The molecule has 1 N–H and O–H groups in total. The summed E-state index contributed by atoms with van der Waals surface area (Å²) in [6.45, 7) is 1.48. The van der Waals surface area contributed by atoms with Gasteiger partial charge in [-0.1, -0.05) is 11.6 Å². The molecule has 0 heterocycles. The molecule has 98 valence electrons. The molecule has 0 saturated heterocycles. The SMILES string of the molecule is CN(C)CCNC(=O)c1ccc(Cl)cc1.Cl.Cl. The number of nitrogens with zero attached hydrogens (tertiary/aromatic N) is 1. The Hall–Kier alpha value is -0.480. The van der Waals surface area contributed by atoms with Crippen LogP contribution >= 0.6 is 36.4 Å². The number of carbonyl (C=O) groups excluding carboxylic acids is 1. The smallest absolute Gasteiger partial charge is 0.251 e. The number of carbonyl (C=O) groups is 1. The van der Waals surface area contributed by atoms with Gasteiger partial charge in [-0.25, -0.2) is 0 Å². The molecule has 0 fully saturated rings. The first-order valence-corrected chi connectivity index (χ1v) is 5.16. The maximum absolute atomic E-state index is 11.6. The number of benzene rings is 1. The van der Waals surface area contributed by atoms with Crippen LogP contribution in [0, 0.1) is 0 Å². The highest BCUT2D eigenvalue weighted by atomic mass is 35.5. The third-order valence-corrected chi connectivity index (χ3v) is 2.20. The minimum absolute atomic E-state index is 0. The Morgan fingerprint density at radius 1 is 1.24 bits per heavy atom. The van der Waals surface area contributed by atoms with Crippen LogP contribution in [0.4, 0.5) is 0 Å². The lowest BCUT2D eigenvalue weighted by Crippen LogP contribution is -2.31. The molecule has 0 saturated carbocycles. The topological polar surface area (TPSA) is 32.3 Å². The Morgan fingerprint density at radius 3 is 2.24 bits per heavy atom. The lowest BCUT2D eigenvalue weighted by molar-refractivity contribution is 0.0951. The van der Waals surface area contributed by atoms with Gasteiger partial charge in [-0.15, -0.1) is 24.8 Å². The predicted molar refractivity (Wildman–Crippen MR) is 76.8 cm³/mol. The average Bonchev–Trinajstić information content (AvgIpc) is 2.18. The summed E-state index contributed by atoms with van der Waals surface area (Å²) in [7, 11) is 3.93. The van der Waals surface area contributed by atoms with E-state index in [1.54, 1.807) is 24.3 Å². The van der Waals surface area contributed by atoms with Gasteiger partial charge in [-0.2, -0.15) is 0 Å². The summed E-state index contributed by atoms with van der Waals surface area (Å²) in [4.78, 5) is 13.6. The van der Waals surface area contributed by atoms with Crippen molar-refractivity contribution in [2.24, 2.45) is 0 Å². The molecule has 1 amide bonds. The molecule has 0 aliphatic heterocycles. The van der Waals surface area contributed by atoms with Crippen LogP contribution < -0.4 is 5.32 Å². The lowest BCUT2D eigenvalue weighted by Gasteiger charge is -2.10. The summed E-state index contributed by atoms with van der Waals surface area (Å²) in [5, 5.41) is 3.46. The molecule has 1 rings (SSSR count). The van der Waals surface area contributed by atoms with Crippen molar-refractivity contribution in [3.63, 3.8) is 0 Å². The van der Waals surface area contributed by atoms with Crippen molar-refractivity contribution in [2.75, 3.05) is 27.2 Å². The summed E-state index contributed by atoms with van der Waals surface area (Å²) in [6, 6.07) is 6.85. The molecular weight excluding hydrogens is 282 g/mol. The molecule has 3 nitrogen and oxygen atoms in total. The molecule has 0 unspecified atom stereocenters. The number of amides is 1. The van der Waals surface area contributed by atoms with Crippen LogP contribution in [-0.4, -0.2) is 38.0 Å². The van der Waals surface area contributed by atoms with Crippen LogP contribution in [0.15, 0.2) is 24.3 Å². The number of rotatable bonds is 4. The van der Waals surface area contributed by atoms with Gasteiger partial charge in [-0.3, -0.25) is 4.79 Å². The minimum atomic E-state index is -0.0616. The number of hydrogen-bond donors (Lipinski definition) is 1. The van der Waals surface area contributed by atoms with Gasteiger partial charge in [0.1, 0.15) is 0 Å². The van der Waals surface area contributed by atoms with Crippen LogP contribution in [0.25, 0.3) is 0 Å². The minimum Gasteiger partial charge on any atom is -0.351 e. The maximum atomic E-state index is 11.6. The Kier molecular flexibility index (Phi) is 10.6. The normalized spacial score (nSPS) is 9.18. The van der Waals surface area contributed by atoms with Crippen molar-refractivity contribution in [3.05, 3.63) is 34.9 Å². The molecule has 1 aromatic rings. The highest BCUT2D eigenvalue weighted by Crippen LogP contribution is 2.08. The Balaban J connectivity index is 0. The predicted octanol–water partition coefficient (Wildman–Crippen LogP) is 2.48. The quantitative estimate of drug-likeness (QED) is 0.926. The third kappa shape index (κ3) is 7.45. The first-order chi connectivity index (χ1) is 7.09. The fourth-order valence-corrected chi connectivity index (χ4v) is 1.22. The molecule has 0 spiro atoms. The number of nitrogens with one attached hydrogen (secondary N) is 1. The van der Waals surface area contributed by atoms with E-state index in [9.17, 15) is 4.79 Å². The van der Waals surface area contributed by atoms with Crippen molar-refractivity contribution >= 4 is 42.3 Å². The van der Waals surface area contributed by atoms with Crippen LogP contribution in [0.2, 0.25) is 5.02 Å². The molecular formula is C11H17Cl3N2O. The van der Waals surface area contributed by atoms with Gasteiger partial charge in [0.2, 0.25) is 0 Å². The number of halogens is 3. The molecule has 0 radical (unpaired) electrons. The van der Waals surface area contributed by atoms with Gasteiger partial charge in [0.05, 0.1) is 0 Å². The molecule has 0 aliphatic carbocycles. The zero-order valence-electron chi connectivity index (χ0n) is 9.77. The summed E-state index contributed by atoms with van der Waals surface area (Å²) >= 11 is 5.72. The molecule has 6 heteroatoms. The second-order valence-electron chi connectivity index (χ2n) is 3.57. The maximum Gasteiger partial charge on any atom is 0.251 e. The average molecular weight is 300 g/mol. The first kappa shape index (κ1) is 18.9. The van der Waals surface area contributed by atoms with Gasteiger partial charge in [0.25, 0.3) is 5.91 Å². The lowest BCUT2D eigenvalue weighted by atomic mass is 10.2. The van der Waals surface area contributed by atoms with E-state index in [-0.39, 0.29) is 30.7 Å².